The Balaban J connectivity index is 1.59. The molecule has 1 heterocycles. The average molecular weight is 244 g/mol. The van der Waals surface area contributed by atoms with Gasteiger partial charge in [0.15, 0.2) is 0 Å². The van der Waals surface area contributed by atoms with Crippen molar-refractivity contribution in [2.75, 3.05) is 0 Å². The molecule has 4 nitrogen and oxygen atoms in total. The van der Waals surface area contributed by atoms with E-state index in [1.54, 1.807) is 0 Å². The van der Waals surface area contributed by atoms with Crippen LogP contribution in [-0.4, -0.2) is 22.1 Å². The third-order valence-corrected chi connectivity index (χ3v) is 3.77. The van der Waals surface area contributed by atoms with Crippen LogP contribution in [0.5, 0.6) is 0 Å². The lowest BCUT2D eigenvalue weighted by Gasteiger charge is -2.26. The van der Waals surface area contributed by atoms with Crippen LogP contribution < -0.4 is 11.1 Å². The summed E-state index contributed by atoms with van der Waals surface area (Å²) >= 11 is 0. The number of imidazole rings is 1. The maximum absolute atomic E-state index is 5.91. The molecule has 4 N–H and O–H groups in total. The minimum atomic E-state index is 0.411. The topological polar surface area (TPSA) is 66.7 Å². The van der Waals surface area contributed by atoms with Gasteiger partial charge in [-0.25, -0.2) is 4.98 Å². The van der Waals surface area contributed by atoms with Crippen LogP contribution in [0.15, 0.2) is 24.3 Å². The molecule has 1 aliphatic carbocycles. The summed E-state index contributed by atoms with van der Waals surface area (Å²) in [5, 5.41) is 3.57. The van der Waals surface area contributed by atoms with Gasteiger partial charge in [0.2, 0.25) is 0 Å². The highest BCUT2D eigenvalue weighted by Gasteiger charge is 2.18. The lowest BCUT2D eigenvalue weighted by atomic mass is 9.92. The van der Waals surface area contributed by atoms with Crippen molar-refractivity contribution in [3.8, 4) is 0 Å². The van der Waals surface area contributed by atoms with E-state index in [-0.39, 0.29) is 0 Å². The Bertz CT molecular complexity index is 478. The molecule has 1 aromatic heterocycles. The van der Waals surface area contributed by atoms with Crippen molar-refractivity contribution in [3.05, 3.63) is 30.1 Å². The number of aromatic amines is 1. The molecule has 0 spiro atoms. The molecule has 0 atom stereocenters. The van der Waals surface area contributed by atoms with E-state index in [2.05, 4.69) is 21.4 Å². The summed E-state index contributed by atoms with van der Waals surface area (Å²) in [6.45, 7) is 0.814. The van der Waals surface area contributed by atoms with Crippen LogP contribution in [0.4, 0.5) is 0 Å². The molecule has 4 heteroatoms. The molecule has 1 aromatic carbocycles. The Labute approximate surface area is 107 Å². The van der Waals surface area contributed by atoms with Gasteiger partial charge in [-0.15, -0.1) is 0 Å². The summed E-state index contributed by atoms with van der Waals surface area (Å²) < 4.78 is 0. The molecule has 1 fully saturated rings. The van der Waals surface area contributed by atoms with Crippen LogP contribution in [0.1, 0.15) is 31.5 Å². The number of nitrogens with one attached hydrogen (secondary N) is 2. The fourth-order valence-electron chi connectivity index (χ4n) is 2.65. The zero-order valence-corrected chi connectivity index (χ0v) is 10.5. The molecule has 0 unspecified atom stereocenters. The molecular formula is C14H20N4. The SMILES string of the molecule is NC1CCC(NCc2nc3ccccc3[nH]2)CC1. The molecule has 1 saturated carbocycles. The van der Waals surface area contributed by atoms with Gasteiger partial charge in [-0.3, -0.25) is 0 Å². The number of fused-ring (bicyclic) bond motifs is 1. The number of rotatable bonds is 3. The Morgan fingerprint density at radius 2 is 2.00 bits per heavy atom. The van der Waals surface area contributed by atoms with Crippen molar-refractivity contribution in [2.45, 2.75) is 44.3 Å². The highest BCUT2D eigenvalue weighted by molar-refractivity contribution is 5.74. The molecule has 0 amide bonds. The molecular weight excluding hydrogens is 224 g/mol. The van der Waals surface area contributed by atoms with Gasteiger partial charge in [-0.05, 0) is 37.8 Å². The molecule has 0 aliphatic heterocycles. The van der Waals surface area contributed by atoms with Crippen molar-refractivity contribution in [2.24, 2.45) is 5.73 Å². The largest absolute Gasteiger partial charge is 0.341 e. The van der Waals surface area contributed by atoms with Crippen molar-refractivity contribution in [3.63, 3.8) is 0 Å². The quantitative estimate of drug-likeness (QED) is 0.772. The number of nitrogens with two attached hydrogens (primary N) is 1. The van der Waals surface area contributed by atoms with Crippen LogP contribution in [0.25, 0.3) is 11.0 Å². The average Bonchev–Trinajstić information content (AvgIpc) is 2.81. The summed E-state index contributed by atoms with van der Waals surface area (Å²) in [7, 11) is 0. The van der Waals surface area contributed by atoms with Crippen LogP contribution in [-0.2, 0) is 6.54 Å². The number of hydrogen-bond acceptors (Lipinski definition) is 3. The first-order valence-corrected chi connectivity index (χ1v) is 6.74. The minimum Gasteiger partial charge on any atom is -0.341 e. The molecule has 0 bridgehead atoms. The van der Waals surface area contributed by atoms with E-state index in [1.165, 1.54) is 12.8 Å². The second kappa shape index (κ2) is 5.08. The normalized spacial score (nSPS) is 24.5. The molecule has 18 heavy (non-hydrogen) atoms. The maximum atomic E-state index is 5.91. The highest BCUT2D eigenvalue weighted by atomic mass is 15.0. The molecule has 3 rings (SSSR count). The van der Waals surface area contributed by atoms with E-state index in [4.69, 9.17) is 5.73 Å². The summed E-state index contributed by atoms with van der Waals surface area (Å²) in [6, 6.07) is 9.15. The monoisotopic (exact) mass is 244 g/mol. The Morgan fingerprint density at radius 1 is 1.22 bits per heavy atom. The van der Waals surface area contributed by atoms with E-state index in [0.29, 0.717) is 12.1 Å². The van der Waals surface area contributed by atoms with Crippen molar-refractivity contribution in [1.29, 1.82) is 0 Å². The van der Waals surface area contributed by atoms with Gasteiger partial charge in [0, 0.05) is 12.1 Å². The van der Waals surface area contributed by atoms with Crippen LogP contribution >= 0.6 is 0 Å². The summed E-state index contributed by atoms with van der Waals surface area (Å²) in [4.78, 5) is 7.91. The number of hydrogen-bond donors (Lipinski definition) is 3. The fraction of sp³-hybridized carbons (Fsp3) is 0.500. The van der Waals surface area contributed by atoms with E-state index in [1.807, 2.05) is 18.2 Å². The smallest absolute Gasteiger partial charge is 0.121 e. The van der Waals surface area contributed by atoms with E-state index >= 15 is 0 Å². The zero-order chi connectivity index (χ0) is 12.4. The number of H-pyrrole nitrogens is 1. The molecule has 96 valence electrons. The molecule has 0 saturated heterocycles. The summed E-state index contributed by atoms with van der Waals surface area (Å²) in [5.41, 5.74) is 8.06. The number of benzene rings is 1. The van der Waals surface area contributed by atoms with Crippen molar-refractivity contribution < 1.29 is 0 Å². The highest BCUT2D eigenvalue weighted by Crippen LogP contribution is 2.17. The van der Waals surface area contributed by atoms with E-state index in [0.717, 1.165) is 36.2 Å². The fourth-order valence-corrected chi connectivity index (χ4v) is 2.65. The second-order valence-corrected chi connectivity index (χ2v) is 5.19. The number of para-hydroxylation sites is 2. The van der Waals surface area contributed by atoms with Gasteiger partial charge in [0.25, 0.3) is 0 Å². The first kappa shape index (κ1) is 11.7. The Kier molecular flexibility index (Phi) is 3.30. The zero-order valence-electron chi connectivity index (χ0n) is 10.5. The second-order valence-electron chi connectivity index (χ2n) is 5.19. The maximum Gasteiger partial charge on any atom is 0.121 e. The summed E-state index contributed by atoms with van der Waals surface area (Å²) in [5.74, 6) is 1.02. The van der Waals surface area contributed by atoms with Crippen LogP contribution in [0, 0.1) is 0 Å². The number of aromatic nitrogens is 2. The third-order valence-electron chi connectivity index (χ3n) is 3.77. The molecule has 0 radical (unpaired) electrons. The van der Waals surface area contributed by atoms with Gasteiger partial charge < -0.3 is 16.0 Å². The minimum absolute atomic E-state index is 0.411. The van der Waals surface area contributed by atoms with Gasteiger partial charge in [-0.1, -0.05) is 12.1 Å². The van der Waals surface area contributed by atoms with Gasteiger partial charge in [-0.2, -0.15) is 0 Å². The van der Waals surface area contributed by atoms with Crippen molar-refractivity contribution in [1.82, 2.24) is 15.3 Å². The number of nitrogens with zero attached hydrogens (tertiary/aromatic N) is 1. The molecule has 2 aromatic rings. The first-order valence-electron chi connectivity index (χ1n) is 6.74. The lowest BCUT2D eigenvalue weighted by molar-refractivity contribution is 0.340. The van der Waals surface area contributed by atoms with Crippen LogP contribution in [0.3, 0.4) is 0 Å². The lowest BCUT2D eigenvalue weighted by Crippen LogP contribution is -2.37. The first-order chi connectivity index (χ1) is 8.81. The standard InChI is InChI=1S/C14H20N4/c15-10-5-7-11(8-6-10)16-9-14-17-12-3-1-2-4-13(12)18-14/h1-4,10-11,16H,5-9,15H2,(H,17,18). The van der Waals surface area contributed by atoms with Crippen LogP contribution in [0.2, 0.25) is 0 Å². The van der Waals surface area contributed by atoms with E-state index < -0.39 is 0 Å². The third kappa shape index (κ3) is 2.54. The van der Waals surface area contributed by atoms with Crippen molar-refractivity contribution >= 4 is 11.0 Å². The predicted octanol–water partition coefficient (Wildman–Crippen LogP) is 1.92. The van der Waals surface area contributed by atoms with Gasteiger partial charge in [0.05, 0.1) is 17.6 Å². The predicted molar refractivity (Wildman–Crippen MR) is 73.2 cm³/mol. The Hall–Kier alpha value is -1.39. The summed E-state index contributed by atoms with van der Waals surface area (Å²) in [6.07, 6.45) is 4.64. The van der Waals surface area contributed by atoms with E-state index in [9.17, 15) is 0 Å². The molecule has 1 aliphatic rings. The van der Waals surface area contributed by atoms with Gasteiger partial charge >= 0.3 is 0 Å². The Morgan fingerprint density at radius 3 is 2.78 bits per heavy atom. The van der Waals surface area contributed by atoms with Gasteiger partial charge in [0.1, 0.15) is 5.82 Å².